The van der Waals surface area contributed by atoms with Crippen molar-refractivity contribution in [3.05, 3.63) is 54.0 Å². The Kier molecular flexibility index (Phi) is 5.48. The molecular formula is C15H16N2O3S. The standard InChI is InChI=1S/C15H16N2O3S/c16-15(21)11-3-5-12(6-4-11)17-14(18)7-9-19-10-13-2-1-8-20-13/h1-6,8H,7,9-10H2,(H2,16,21)(H,17,18). The molecule has 0 aliphatic heterocycles. The number of hydrogen-bond acceptors (Lipinski definition) is 4. The fourth-order valence-corrected chi connectivity index (χ4v) is 1.81. The molecule has 0 fully saturated rings. The van der Waals surface area contributed by atoms with Crippen molar-refractivity contribution in [1.29, 1.82) is 0 Å². The molecule has 0 atom stereocenters. The lowest BCUT2D eigenvalue weighted by Crippen LogP contribution is -2.14. The second-order valence-corrected chi connectivity index (χ2v) is 4.81. The van der Waals surface area contributed by atoms with E-state index in [9.17, 15) is 4.79 Å². The number of benzene rings is 1. The summed E-state index contributed by atoms with van der Waals surface area (Å²) < 4.78 is 10.5. The number of rotatable bonds is 7. The summed E-state index contributed by atoms with van der Waals surface area (Å²) in [5, 5.41) is 2.78. The lowest BCUT2D eigenvalue weighted by molar-refractivity contribution is -0.117. The normalized spacial score (nSPS) is 10.3. The van der Waals surface area contributed by atoms with Gasteiger partial charge in [0.2, 0.25) is 5.91 Å². The molecule has 0 radical (unpaired) electrons. The smallest absolute Gasteiger partial charge is 0.226 e. The van der Waals surface area contributed by atoms with E-state index in [4.69, 9.17) is 27.1 Å². The quantitative estimate of drug-likeness (QED) is 0.607. The summed E-state index contributed by atoms with van der Waals surface area (Å²) in [6, 6.07) is 10.7. The first kappa shape index (κ1) is 15.2. The van der Waals surface area contributed by atoms with Crippen LogP contribution in [0.1, 0.15) is 17.7 Å². The van der Waals surface area contributed by atoms with Crippen molar-refractivity contribution in [2.24, 2.45) is 5.73 Å². The number of amides is 1. The molecule has 0 spiro atoms. The van der Waals surface area contributed by atoms with Gasteiger partial charge in [0, 0.05) is 11.3 Å². The van der Waals surface area contributed by atoms with Crippen LogP contribution >= 0.6 is 12.2 Å². The van der Waals surface area contributed by atoms with Crippen LogP contribution in [0.5, 0.6) is 0 Å². The van der Waals surface area contributed by atoms with Crippen LogP contribution in [0, 0.1) is 0 Å². The first-order chi connectivity index (χ1) is 10.1. The van der Waals surface area contributed by atoms with Gasteiger partial charge in [-0.3, -0.25) is 4.79 Å². The minimum atomic E-state index is -0.113. The third kappa shape index (κ3) is 5.02. The zero-order valence-electron chi connectivity index (χ0n) is 11.4. The zero-order valence-corrected chi connectivity index (χ0v) is 12.2. The van der Waals surface area contributed by atoms with Gasteiger partial charge in [0.1, 0.15) is 17.4 Å². The molecule has 2 rings (SSSR count). The van der Waals surface area contributed by atoms with Crippen LogP contribution in [0.2, 0.25) is 0 Å². The molecule has 0 saturated heterocycles. The third-order valence-corrected chi connectivity index (χ3v) is 2.99. The van der Waals surface area contributed by atoms with Crippen LogP contribution in [0.4, 0.5) is 5.69 Å². The highest BCUT2D eigenvalue weighted by atomic mass is 32.1. The number of thiocarbonyl (C=S) groups is 1. The minimum absolute atomic E-state index is 0.113. The summed E-state index contributed by atoms with van der Waals surface area (Å²) in [6.07, 6.45) is 1.86. The number of carbonyl (C=O) groups is 1. The molecule has 1 amide bonds. The van der Waals surface area contributed by atoms with Gasteiger partial charge in [-0.1, -0.05) is 12.2 Å². The van der Waals surface area contributed by atoms with E-state index in [1.165, 1.54) is 0 Å². The van der Waals surface area contributed by atoms with Gasteiger partial charge in [-0.15, -0.1) is 0 Å². The third-order valence-electron chi connectivity index (χ3n) is 2.75. The average Bonchev–Trinajstić information content (AvgIpc) is 2.97. The summed E-state index contributed by atoms with van der Waals surface area (Å²) in [4.78, 5) is 12.1. The van der Waals surface area contributed by atoms with Crippen LogP contribution in [0.3, 0.4) is 0 Å². The van der Waals surface area contributed by atoms with Crippen LogP contribution in [0.15, 0.2) is 47.1 Å². The molecule has 1 heterocycles. The molecular weight excluding hydrogens is 288 g/mol. The van der Waals surface area contributed by atoms with E-state index in [-0.39, 0.29) is 12.3 Å². The highest BCUT2D eigenvalue weighted by molar-refractivity contribution is 7.80. The van der Waals surface area contributed by atoms with Crippen molar-refractivity contribution in [2.45, 2.75) is 13.0 Å². The van der Waals surface area contributed by atoms with Gasteiger partial charge in [0.25, 0.3) is 0 Å². The second-order valence-electron chi connectivity index (χ2n) is 4.37. The lowest BCUT2D eigenvalue weighted by Gasteiger charge is -2.06. The van der Waals surface area contributed by atoms with E-state index in [1.807, 2.05) is 6.07 Å². The molecule has 21 heavy (non-hydrogen) atoms. The maximum Gasteiger partial charge on any atom is 0.226 e. The molecule has 2 aromatic rings. The van der Waals surface area contributed by atoms with Gasteiger partial charge < -0.3 is 20.2 Å². The molecule has 0 bridgehead atoms. The van der Waals surface area contributed by atoms with E-state index in [0.717, 1.165) is 11.3 Å². The Morgan fingerprint density at radius 2 is 2.05 bits per heavy atom. The largest absolute Gasteiger partial charge is 0.467 e. The highest BCUT2D eigenvalue weighted by Crippen LogP contribution is 2.10. The van der Waals surface area contributed by atoms with Gasteiger partial charge >= 0.3 is 0 Å². The van der Waals surface area contributed by atoms with Crippen LogP contribution in [-0.2, 0) is 16.1 Å². The van der Waals surface area contributed by atoms with Gasteiger partial charge in [-0.2, -0.15) is 0 Å². The average molecular weight is 304 g/mol. The number of nitrogens with two attached hydrogens (primary N) is 1. The summed E-state index contributed by atoms with van der Waals surface area (Å²) in [7, 11) is 0. The fourth-order valence-electron chi connectivity index (χ4n) is 1.67. The predicted octanol–water partition coefficient (Wildman–Crippen LogP) is 2.46. The maximum absolute atomic E-state index is 11.7. The first-order valence-corrected chi connectivity index (χ1v) is 6.86. The second kappa shape index (κ2) is 7.56. The SMILES string of the molecule is NC(=S)c1ccc(NC(=O)CCOCc2ccco2)cc1. The van der Waals surface area contributed by atoms with Crippen LogP contribution < -0.4 is 11.1 Å². The van der Waals surface area contributed by atoms with Crippen molar-refractivity contribution >= 4 is 28.8 Å². The Labute approximate surface area is 128 Å². The molecule has 5 nitrogen and oxygen atoms in total. The van der Waals surface area contributed by atoms with Crippen molar-refractivity contribution in [2.75, 3.05) is 11.9 Å². The Morgan fingerprint density at radius 3 is 2.67 bits per heavy atom. The molecule has 0 saturated carbocycles. The summed E-state index contributed by atoms with van der Waals surface area (Å²) in [5.74, 6) is 0.626. The number of carbonyl (C=O) groups excluding carboxylic acids is 1. The number of nitrogens with one attached hydrogen (secondary N) is 1. The molecule has 110 valence electrons. The fraction of sp³-hybridized carbons (Fsp3) is 0.200. The molecule has 0 unspecified atom stereocenters. The summed E-state index contributed by atoms with van der Waals surface area (Å²) in [5.41, 5.74) is 6.97. The number of ether oxygens (including phenoxy) is 1. The summed E-state index contributed by atoms with van der Waals surface area (Å²) >= 11 is 4.86. The zero-order chi connectivity index (χ0) is 15.1. The van der Waals surface area contributed by atoms with E-state index in [2.05, 4.69) is 5.32 Å². The van der Waals surface area contributed by atoms with E-state index < -0.39 is 0 Å². The van der Waals surface area contributed by atoms with Crippen LogP contribution in [-0.4, -0.2) is 17.5 Å². The lowest BCUT2D eigenvalue weighted by atomic mass is 10.2. The van der Waals surface area contributed by atoms with E-state index in [0.29, 0.717) is 23.9 Å². The Bertz CT molecular complexity index is 594. The molecule has 0 aliphatic rings. The topological polar surface area (TPSA) is 77.5 Å². The highest BCUT2D eigenvalue weighted by Gasteiger charge is 2.04. The monoisotopic (exact) mass is 304 g/mol. The Balaban J connectivity index is 1.70. The Hall–Kier alpha value is -2.18. The number of anilines is 1. The van der Waals surface area contributed by atoms with E-state index >= 15 is 0 Å². The van der Waals surface area contributed by atoms with E-state index in [1.54, 1.807) is 36.6 Å². The number of hydrogen-bond donors (Lipinski definition) is 2. The van der Waals surface area contributed by atoms with Crippen molar-refractivity contribution in [3.63, 3.8) is 0 Å². The number of furan rings is 1. The summed E-state index contributed by atoms with van der Waals surface area (Å²) in [6.45, 7) is 0.695. The maximum atomic E-state index is 11.7. The van der Waals surface area contributed by atoms with Crippen LogP contribution in [0.25, 0.3) is 0 Å². The van der Waals surface area contributed by atoms with Gasteiger partial charge in [-0.05, 0) is 36.4 Å². The molecule has 0 aliphatic carbocycles. The molecule has 1 aromatic carbocycles. The molecule has 3 N–H and O–H groups in total. The first-order valence-electron chi connectivity index (χ1n) is 6.45. The van der Waals surface area contributed by atoms with Crippen molar-refractivity contribution in [3.8, 4) is 0 Å². The van der Waals surface area contributed by atoms with Crippen molar-refractivity contribution < 1.29 is 13.9 Å². The van der Waals surface area contributed by atoms with Crippen molar-refractivity contribution in [1.82, 2.24) is 0 Å². The molecule has 6 heteroatoms. The van der Waals surface area contributed by atoms with Gasteiger partial charge in [0.15, 0.2) is 0 Å². The van der Waals surface area contributed by atoms with Gasteiger partial charge in [0.05, 0.1) is 19.3 Å². The predicted molar refractivity (Wildman–Crippen MR) is 83.9 cm³/mol. The molecule has 1 aromatic heterocycles. The minimum Gasteiger partial charge on any atom is -0.467 e. The van der Waals surface area contributed by atoms with Gasteiger partial charge in [-0.25, -0.2) is 0 Å². The Morgan fingerprint density at radius 1 is 1.29 bits per heavy atom.